The second-order valence-corrected chi connectivity index (χ2v) is 4.49. The lowest BCUT2D eigenvalue weighted by molar-refractivity contribution is 0.102. The molecule has 1 heterocycles. The first kappa shape index (κ1) is 13.2. The molecule has 0 bridgehead atoms. The number of rotatable bonds is 6. The largest absolute Gasteiger partial charge is 0.380 e. The van der Waals surface area contributed by atoms with E-state index < -0.39 is 0 Å². The Morgan fingerprint density at radius 3 is 2.69 bits per heavy atom. The van der Waals surface area contributed by atoms with Crippen molar-refractivity contribution in [2.24, 2.45) is 0 Å². The molecule has 0 saturated heterocycles. The number of aromatic nitrogens is 2. The molecule has 16 heavy (non-hydrogen) atoms. The summed E-state index contributed by atoms with van der Waals surface area (Å²) in [6, 6.07) is 0.489. The molecule has 0 aromatic carbocycles. The molecular formula is C12H23N3O. The van der Waals surface area contributed by atoms with Crippen LogP contribution in [-0.4, -0.2) is 28.8 Å². The molecule has 1 N–H and O–H groups in total. The number of aryl methyl sites for hydroxylation is 1. The average Bonchev–Trinajstić information content (AvgIpc) is 2.57. The number of imidazole rings is 1. The first-order valence-electron chi connectivity index (χ1n) is 5.81. The van der Waals surface area contributed by atoms with E-state index >= 15 is 0 Å². The van der Waals surface area contributed by atoms with Crippen LogP contribution in [0.15, 0.2) is 6.20 Å². The number of methoxy groups -OCH3 is 1. The van der Waals surface area contributed by atoms with E-state index in [0.717, 1.165) is 18.9 Å². The maximum atomic E-state index is 5.29. The van der Waals surface area contributed by atoms with Crippen molar-refractivity contribution in [3.63, 3.8) is 0 Å². The van der Waals surface area contributed by atoms with Gasteiger partial charge >= 0.3 is 0 Å². The van der Waals surface area contributed by atoms with Crippen LogP contribution in [0.4, 0.5) is 0 Å². The normalized spacial score (nSPS) is 13.4. The summed E-state index contributed by atoms with van der Waals surface area (Å²) in [7, 11) is 1.74. The summed E-state index contributed by atoms with van der Waals surface area (Å²) in [4.78, 5) is 4.35. The van der Waals surface area contributed by atoms with Crippen LogP contribution >= 0.6 is 0 Å². The Morgan fingerprint density at radius 1 is 1.44 bits per heavy atom. The van der Waals surface area contributed by atoms with E-state index in [9.17, 15) is 0 Å². The average molecular weight is 225 g/mol. The summed E-state index contributed by atoms with van der Waals surface area (Å²) in [5.41, 5.74) is 1.22. The van der Waals surface area contributed by atoms with Gasteiger partial charge < -0.3 is 14.6 Å². The quantitative estimate of drug-likeness (QED) is 0.801. The highest BCUT2D eigenvalue weighted by atomic mass is 16.5. The van der Waals surface area contributed by atoms with Gasteiger partial charge in [-0.15, -0.1) is 0 Å². The Balaban J connectivity index is 2.69. The predicted octanol–water partition coefficient (Wildman–Crippen LogP) is 1.72. The molecule has 0 aliphatic rings. The van der Waals surface area contributed by atoms with Gasteiger partial charge in [-0.2, -0.15) is 0 Å². The van der Waals surface area contributed by atoms with Crippen molar-refractivity contribution < 1.29 is 4.74 Å². The Hall–Kier alpha value is -0.870. The summed E-state index contributed by atoms with van der Waals surface area (Å²) in [6.07, 6.45) is 2.15. The van der Waals surface area contributed by atoms with E-state index in [-0.39, 0.29) is 6.10 Å². The number of hydrogen-bond acceptors (Lipinski definition) is 3. The van der Waals surface area contributed by atoms with E-state index in [1.807, 2.05) is 13.1 Å². The molecule has 1 atom stereocenters. The van der Waals surface area contributed by atoms with Crippen LogP contribution in [0, 0.1) is 6.92 Å². The van der Waals surface area contributed by atoms with E-state index in [0.29, 0.717) is 6.04 Å². The third-order valence-corrected chi connectivity index (χ3v) is 2.67. The van der Waals surface area contributed by atoms with Crippen molar-refractivity contribution in [2.75, 3.05) is 7.11 Å². The third kappa shape index (κ3) is 3.61. The van der Waals surface area contributed by atoms with Gasteiger partial charge in [0.15, 0.2) is 0 Å². The molecule has 0 aliphatic heterocycles. The molecule has 1 rings (SSSR count). The Kier molecular flexibility index (Phi) is 4.96. The summed E-state index contributed by atoms with van der Waals surface area (Å²) in [5, 5.41) is 3.41. The molecule has 4 heteroatoms. The van der Waals surface area contributed by atoms with E-state index in [1.54, 1.807) is 7.11 Å². The highest BCUT2D eigenvalue weighted by Gasteiger charge is 2.09. The first-order valence-corrected chi connectivity index (χ1v) is 5.81. The molecule has 0 saturated carbocycles. The summed E-state index contributed by atoms with van der Waals surface area (Å²) >= 11 is 0. The Bertz CT molecular complexity index is 320. The summed E-state index contributed by atoms with van der Waals surface area (Å²) in [5.74, 6) is 1.05. The second kappa shape index (κ2) is 6.01. The lowest BCUT2D eigenvalue weighted by Crippen LogP contribution is -2.25. The van der Waals surface area contributed by atoms with Gasteiger partial charge in [0.1, 0.15) is 5.82 Å². The Morgan fingerprint density at radius 2 is 2.12 bits per heavy atom. The number of hydrogen-bond donors (Lipinski definition) is 1. The van der Waals surface area contributed by atoms with Gasteiger partial charge in [0.25, 0.3) is 0 Å². The summed E-state index contributed by atoms with van der Waals surface area (Å²) < 4.78 is 7.50. The molecule has 0 aliphatic carbocycles. The van der Waals surface area contributed by atoms with Gasteiger partial charge in [0.05, 0.1) is 18.3 Å². The van der Waals surface area contributed by atoms with Crippen LogP contribution in [0.1, 0.15) is 32.3 Å². The molecular weight excluding hydrogens is 202 g/mol. The van der Waals surface area contributed by atoms with Crippen molar-refractivity contribution in [3.8, 4) is 0 Å². The monoisotopic (exact) mass is 225 g/mol. The van der Waals surface area contributed by atoms with Gasteiger partial charge in [0, 0.05) is 25.9 Å². The first-order chi connectivity index (χ1) is 7.54. The van der Waals surface area contributed by atoms with Gasteiger partial charge in [-0.1, -0.05) is 13.8 Å². The zero-order valence-corrected chi connectivity index (χ0v) is 10.9. The van der Waals surface area contributed by atoms with Crippen LogP contribution in [0.2, 0.25) is 0 Å². The van der Waals surface area contributed by atoms with Crippen LogP contribution in [-0.2, 0) is 17.8 Å². The highest BCUT2D eigenvalue weighted by molar-refractivity contribution is 5.04. The summed E-state index contributed by atoms with van der Waals surface area (Å²) in [6.45, 7) is 10.1. The van der Waals surface area contributed by atoms with Gasteiger partial charge in [-0.05, 0) is 13.8 Å². The minimum atomic E-state index is 0.214. The zero-order valence-electron chi connectivity index (χ0n) is 10.9. The maximum absolute atomic E-state index is 5.29. The van der Waals surface area contributed by atoms with Gasteiger partial charge in [-0.3, -0.25) is 0 Å². The molecule has 1 aromatic rings. The molecule has 0 fully saturated rings. The van der Waals surface area contributed by atoms with Crippen molar-refractivity contribution >= 4 is 0 Å². The number of nitrogens with zero attached hydrogens (tertiary/aromatic N) is 2. The molecule has 1 unspecified atom stereocenters. The molecule has 92 valence electrons. The maximum Gasteiger partial charge on any atom is 0.105 e. The smallest absolute Gasteiger partial charge is 0.105 e. The topological polar surface area (TPSA) is 39.1 Å². The van der Waals surface area contributed by atoms with Gasteiger partial charge in [-0.25, -0.2) is 4.98 Å². The fraction of sp³-hybridized carbons (Fsp3) is 0.750. The number of ether oxygens (including phenoxy) is 1. The second-order valence-electron chi connectivity index (χ2n) is 4.49. The van der Waals surface area contributed by atoms with Crippen LogP contribution in [0.3, 0.4) is 0 Å². The van der Waals surface area contributed by atoms with Crippen LogP contribution in [0.5, 0.6) is 0 Å². The highest BCUT2D eigenvalue weighted by Crippen LogP contribution is 2.07. The van der Waals surface area contributed by atoms with Gasteiger partial charge in [0.2, 0.25) is 0 Å². The SMILES string of the molecule is COC(C)Cn1c(CNC(C)C)cnc1C. The van der Waals surface area contributed by atoms with Crippen molar-refractivity contribution in [1.82, 2.24) is 14.9 Å². The van der Waals surface area contributed by atoms with E-state index in [2.05, 4.69) is 35.6 Å². The Labute approximate surface area is 98.0 Å². The lowest BCUT2D eigenvalue weighted by atomic mass is 10.3. The molecule has 0 radical (unpaired) electrons. The predicted molar refractivity (Wildman–Crippen MR) is 65.4 cm³/mol. The standard InChI is InChI=1S/C12H23N3O/c1-9(2)13-6-12-7-14-11(4)15(12)8-10(3)16-5/h7,9-10,13H,6,8H2,1-5H3. The minimum absolute atomic E-state index is 0.214. The number of nitrogens with one attached hydrogen (secondary N) is 1. The molecule has 1 aromatic heterocycles. The fourth-order valence-corrected chi connectivity index (χ4v) is 1.55. The van der Waals surface area contributed by atoms with Crippen LogP contribution in [0.25, 0.3) is 0 Å². The zero-order chi connectivity index (χ0) is 12.1. The molecule has 0 amide bonds. The third-order valence-electron chi connectivity index (χ3n) is 2.67. The van der Waals surface area contributed by atoms with E-state index in [4.69, 9.17) is 4.74 Å². The van der Waals surface area contributed by atoms with Crippen LogP contribution < -0.4 is 5.32 Å². The molecule has 0 spiro atoms. The van der Waals surface area contributed by atoms with Crippen molar-refractivity contribution in [3.05, 3.63) is 17.7 Å². The molecule has 4 nitrogen and oxygen atoms in total. The minimum Gasteiger partial charge on any atom is -0.380 e. The lowest BCUT2D eigenvalue weighted by Gasteiger charge is -2.16. The van der Waals surface area contributed by atoms with Crippen molar-refractivity contribution in [2.45, 2.75) is 52.9 Å². The van der Waals surface area contributed by atoms with Crippen molar-refractivity contribution in [1.29, 1.82) is 0 Å². The fourth-order valence-electron chi connectivity index (χ4n) is 1.55. The van der Waals surface area contributed by atoms with E-state index in [1.165, 1.54) is 5.69 Å².